The fraction of sp³-hybridized carbons (Fsp3) is 0.370. The average molecular weight is 507 g/mol. The lowest BCUT2D eigenvalue weighted by Crippen LogP contribution is -2.58. The number of aromatic nitrogens is 2. The first kappa shape index (κ1) is 26.0. The highest BCUT2D eigenvalue weighted by Gasteiger charge is 2.57. The molecule has 0 aliphatic carbocycles. The summed E-state index contributed by atoms with van der Waals surface area (Å²) in [5.74, 6) is -2.92. The molecule has 3 aromatic rings. The highest BCUT2D eigenvalue weighted by Crippen LogP contribution is 2.51. The first-order valence-electron chi connectivity index (χ1n) is 12.1. The molecule has 1 aliphatic rings. The second-order valence-electron chi connectivity index (χ2n) is 9.26. The highest BCUT2D eigenvalue weighted by atomic mass is 16.6. The van der Waals surface area contributed by atoms with Crippen LogP contribution >= 0.6 is 0 Å². The van der Waals surface area contributed by atoms with Crippen molar-refractivity contribution in [3.05, 3.63) is 70.9 Å². The van der Waals surface area contributed by atoms with E-state index in [0.717, 1.165) is 5.56 Å². The van der Waals surface area contributed by atoms with Crippen molar-refractivity contribution in [1.82, 2.24) is 20.5 Å². The largest absolute Gasteiger partial charge is 0.481 e. The zero-order valence-corrected chi connectivity index (χ0v) is 21.0. The van der Waals surface area contributed by atoms with E-state index in [9.17, 15) is 19.5 Å². The van der Waals surface area contributed by atoms with E-state index >= 15 is 0 Å². The number of esters is 1. The Hall–Kier alpha value is -4.05. The van der Waals surface area contributed by atoms with Crippen LogP contribution in [0.3, 0.4) is 0 Å². The average Bonchev–Trinajstić information content (AvgIpc) is 3.37. The van der Waals surface area contributed by atoms with Crippen LogP contribution in [-0.4, -0.2) is 64.8 Å². The molecule has 4 rings (SSSR count). The molecular formula is C27H30N4O6. The van der Waals surface area contributed by atoms with Crippen LogP contribution in [0.1, 0.15) is 37.3 Å². The number of carbonyl (C=O) groups excluding carboxylic acids is 2. The van der Waals surface area contributed by atoms with Gasteiger partial charge in [0.2, 0.25) is 0 Å². The third-order valence-electron chi connectivity index (χ3n) is 7.08. The number of benzene rings is 2. The van der Waals surface area contributed by atoms with E-state index in [1.54, 1.807) is 32.0 Å². The van der Waals surface area contributed by atoms with Crippen molar-refractivity contribution in [2.45, 2.75) is 38.8 Å². The van der Waals surface area contributed by atoms with Gasteiger partial charge in [-0.3, -0.25) is 9.59 Å². The zero-order chi connectivity index (χ0) is 26.6. The Morgan fingerprint density at radius 2 is 1.95 bits per heavy atom. The molecule has 2 heterocycles. The highest BCUT2D eigenvalue weighted by molar-refractivity contribution is 6.00. The maximum atomic E-state index is 13.3. The van der Waals surface area contributed by atoms with E-state index in [0.29, 0.717) is 36.0 Å². The second-order valence-corrected chi connectivity index (χ2v) is 9.26. The molecule has 0 saturated carbocycles. The van der Waals surface area contributed by atoms with Crippen molar-refractivity contribution in [3.63, 3.8) is 0 Å². The second kappa shape index (κ2) is 10.9. The molecule has 1 aromatic heterocycles. The number of hydrogen-bond acceptors (Lipinski definition) is 9. The lowest BCUT2D eigenvalue weighted by atomic mass is 9.60. The van der Waals surface area contributed by atoms with Gasteiger partial charge in [0.05, 0.1) is 17.9 Å². The van der Waals surface area contributed by atoms with Crippen molar-refractivity contribution in [2.75, 3.05) is 20.2 Å². The molecule has 0 bridgehead atoms. The predicted octanol–water partition coefficient (Wildman–Crippen LogP) is 2.91. The summed E-state index contributed by atoms with van der Waals surface area (Å²) in [6.45, 7) is 4.45. The lowest BCUT2D eigenvalue weighted by Gasteiger charge is -2.47. The summed E-state index contributed by atoms with van der Waals surface area (Å²) in [4.78, 5) is 40.7. The number of allylic oxidation sites excluding steroid dienone is 1. The van der Waals surface area contributed by atoms with Crippen LogP contribution < -0.4 is 5.32 Å². The number of ether oxygens (including phenoxy) is 1. The number of fused-ring (bicyclic) bond motifs is 1. The van der Waals surface area contributed by atoms with Gasteiger partial charge < -0.3 is 20.1 Å². The minimum Gasteiger partial charge on any atom is -0.481 e. The van der Waals surface area contributed by atoms with Gasteiger partial charge in [0, 0.05) is 18.5 Å². The number of carboxylic acid groups (broad SMARTS) is 1. The van der Waals surface area contributed by atoms with E-state index in [2.05, 4.69) is 15.6 Å². The first-order valence-corrected chi connectivity index (χ1v) is 12.1. The van der Waals surface area contributed by atoms with Gasteiger partial charge in [0.1, 0.15) is 16.4 Å². The van der Waals surface area contributed by atoms with Crippen molar-refractivity contribution in [3.8, 4) is 0 Å². The SMILES string of the molecule is CCOC(=O)C1=C(C=O)NC(C)C(CCN(C)Cc2ccccc2)(C(=O)O)C1c1cccc2nonc12. The van der Waals surface area contributed by atoms with E-state index < -0.39 is 29.3 Å². The van der Waals surface area contributed by atoms with E-state index in [4.69, 9.17) is 9.37 Å². The first-order chi connectivity index (χ1) is 17.8. The summed E-state index contributed by atoms with van der Waals surface area (Å²) in [5.41, 5.74) is 0.693. The summed E-state index contributed by atoms with van der Waals surface area (Å²) in [7, 11) is 1.92. The number of carboxylic acids is 1. The van der Waals surface area contributed by atoms with Crippen molar-refractivity contribution >= 4 is 29.3 Å². The predicted molar refractivity (Wildman–Crippen MR) is 134 cm³/mol. The molecule has 0 saturated heterocycles. The minimum absolute atomic E-state index is 0.000998. The maximum absolute atomic E-state index is 13.3. The number of rotatable bonds is 10. The molecule has 3 atom stereocenters. The summed E-state index contributed by atoms with van der Waals surface area (Å²) in [6, 6.07) is 14.2. The molecule has 194 valence electrons. The smallest absolute Gasteiger partial charge is 0.336 e. The van der Waals surface area contributed by atoms with Gasteiger partial charge in [-0.25, -0.2) is 9.42 Å². The Bertz CT molecular complexity index is 1320. The molecule has 1 aliphatic heterocycles. The Morgan fingerprint density at radius 1 is 1.19 bits per heavy atom. The van der Waals surface area contributed by atoms with Crippen LogP contribution in [0.4, 0.5) is 0 Å². The molecule has 10 nitrogen and oxygen atoms in total. The summed E-state index contributed by atoms with van der Waals surface area (Å²) >= 11 is 0. The summed E-state index contributed by atoms with van der Waals surface area (Å²) in [5, 5.41) is 21.7. The summed E-state index contributed by atoms with van der Waals surface area (Å²) < 4.78 is 10.3. The maximum Gasteiger partial charge on any atom is 0.336 e. The third kappa shape index (κ3) is 4.84. The fourth-order valence-electron chi connectivity index (χ4n) is 5.26. The van der Waals surface area contributed by atoms with Crippen molar-refractivity contribution < 1.29 is 28.9 Å². The zero-order valence-electron chi connectivity index (χ0n) is 21.0. The van der Waals surface area contributed by atoms with Gasteiger partial charge >= 0.3 is 11.9 Å². The summed E-state index contributed by atoms with van der Waals surface area (Å²) in [6.07, 6.45) is 0.700. The molecule has 0 amide bonds. The van der Waals surface area contributed by atoms with Crippen LogP contribution in [0, 0.1) is 5.41 Å². The van der Waals surface area contributed by atoms with Crippen LogP contribution in [0.2, 0.25) is 0 Å². The van der Waals surface area contributed by atoms with Gasteiger partial charge in [-0.2, -0.15) is 0 Å². The van der Waals surface area contributed by atoms with Crippen LogP contribution in [0.25, 0.3) is 11.0 Å². The number of nitrogens with one attached hydrogen (secondary N) is 1. The number of nitrogens with zero attached hydrogens (tertiary/aromatic N) is 3. The molecule has 2 aromatic carbocycles. The molecule has 0 radical (unpaired) electrons. The Labute approximate surface area is 214 Å². The topological polar surface area (TPSA) is 135 Å². The number of aldehydes is 1. The van der Waals surface area contributed by atoms with E-state index in [1.165, 1.54) is 0 Å². The molecule has 0 fully saturated rings. The quantitative estimate of drug-likeness (QED) is 0.312. The van der Waals surface area contributed by atoms with Gasteiger partial charge in [0.25, 0.3) is 0 Å². The Balaban J connectivity index is 1.85. The number of hydrogen-bond donors (Lipinski definition) is 2. The lowest BCUT2D eigenvalue weighted by molar-refractivity contribution is -0.154. The van der Waals surface area contributed by atoms with Gasteiger partial charge in [0.15, 0.2) is 6.29 Å². The molecule has 0 spiro atoms. The molecule has 3 unspecified atom stereocenters. The Kier molecular flexibility index (Phi) is 7.68. The van der Waals surface area contributed by atoms with Crippen LogP contribution in [0.5, 0.6) is 0 Å². The molecular weight excluding hydrogens is 476 g/mol. The van der Waals surface area contributed by atoms with Gasteiger partial charge in [-0.1, -0.05) is 42.5 Å². The van der Waals surface area contributed by atoms with Crippen molar-refractivity contribution in [1.29, 1.82) is 0 Å². The monoisotopic (exact) mass is 506 g/mol. The van der Waals surface area contributed by atoms with Gasteiger partial charge in [-0.15, -0.1) is 0 Å². The van der Waals surface area contributed by atoms with Gasteiger partial charge in [-0.05, 0) is 61.4 Å². The van der Waals surface area contributed by atoms with Crippen molar-refractivity contribution in [2.24, 2.45) is 5.41 Å². The number of aliphatic carboxylic acids is 1. The normalized spacial score (nSPS) is 21.6. The fourth-order valence-corrected chi connectivity index (χ4v) is 5.26. The van der Waals surface area contributed by atoms with E-state index in [1.807, 2.05) is 42.3 Å². The van der Waals surface area contributed by atoms with Crippen LogP contribution in [-0.2, 0) is 25.7 Å². The minimum atomic E-state index is -1.53. The molecule has 10 heteroatoms. The molecule has 37 heavy (non-hydrogen) atoms. The number of carbonyl (C=O) groups is 3. The van der Waals surface area contributed by atoms with Crippen LogP contribution in [0.15, 0.2) is 64.4 Å². The van der Waals surface area contributed by atoms with E-state index in [-0.39, 0.29) is 24.3 Å². The standard InChI is InChI=1S/C27H30N4O6/c1-4-36-25(33)22-21(16-32)28-17(2)27(26(34)35,13-14-31(3)15-18-9-6-5-7-10-18)23(22)19-11-8-12-20-24(19)30-37-29-20/h5-12,16-17,23,28H,4,13-15H2,1-3H3,(H,34,35). The third-order valence-corrected chi connectivity index (χ3v) is 7.08. The Morgan fingerprint density at radius 3 is 2.62 bits per heavy atom. The molecule has 2 N–H and O–H groups in total.